The number of amides is 1. The number of nitrogens with two attached hydrogens (primary N) is 1. The SMILES string of the molecule is CN(C)[C@H]1C(O)=C(C(N)=O)C(=O)[C@]2(O)C(O)=C3C(=O)c4c(O)ccc(-c5ccc(F)cc5F)c4C[C@@H]3C[C@H]12. The van der Waals surface area contributed by atoms with Crippen LogP contribution in [0.2, 0.25) is 0 Å². The average Bonchev–Trinajstić information content (AvgIpc) is 2.81. The first-order valence-corrected chi connectivity index (χ1v) is 11.8. The van der Waals surface area contributed by atoms with Crippen molar-refractivity contribution in [3.05, 3.63) is 75.8 Å². The van der Waals surface area contributed by atoms with Crippen LogP contribution >= 0.6 is 0 Å². The molecule has 2 aromatic rings. The molecule has 11 heteroatoms. The molecule has 9 nitrogen and oxygen atoms in total. The predicted molar refractivity (Wildman–Crippen MR) is 129 cm³/mol. The van der Waals surface area contributed by atoms with Gasteiger partial charge in [0.2, 0.25) is 5.78 Å². The fraction of sp³-hybridized carbons (Fsp3) is 0.296. The van der Waals surface area contributed by atoms with Gasteiger partial charge in [0.05, 0.1) is 11.6 Å². The number of ketones is 2. The van der Waals surface area contributed by atoms with Gasteiger partial charge in [0.15, 0.2) is 11.4 Å². The summed E-state index contributed by atoms with van der Waals surface area (Å²) in [6, 6.07) is 4.39. The second-order valence-corrected chi connectivity index (χ2v) is 10.1. The lowest BCUT2D eigenvalue weighted by atomic mass is 9.58. The van der Waals surface area contributed by atoms with Crippen molar-refractivity contribution in [1.29, 1.82) is 0 Å². The zero-order valence-corrected chi connectivity index (χ0v) is 20.3. The summed E-state index contributed by atoms with van der Waals surface area (Å²) in [4.78, 5) is 40.5. The number of halogens is 2. The van der Waals surface area contributed by atoms with Crippen molar-refractivity contribution < 1.29 is 43.6 Å². The number of Topliss-reactive ketones (excluding diaryl/α,β-unsaturated/α-hetero) is 2. The Bertz CT molecular complexity index is 1510. The molecule has 0 fully saturated rings. The molecule has 0 saturated heterocycles. The number of carbonyl (C=O) groups excluding carboxylic acids is 3. The highest BCUT2D eigenvalue weighted by Crippen LogP contribution is 2.53. The molecule has 0 saturated carbocycles. The number of fused-ring (bicyclic) bond motifs is 3. The lowest BCUT2D eigenvalue weighted by Gasteiger charge is -2.50. The van der Waals surface area contributed by atoms with Crippen LogP contribution < -0.4 is 5.73 Å². The van der Waals surface area contributed by atoms with E-state index in [1.165, 1.54) is 31.1 Å². The monoisotopic (exact) mass is 526 g/mol. The molecule has 2 aromatic carbocycles. The van der Waals surface area contributed by atoms with E-state index in [0.717, 1.165) is 12.1 Å². The second-order valence-electron chi connectivity index (χ2n) is 10.1. The summed E-state index contributed by atoms with van der Waals surface area (Å²) in [6.45, 7) is 0. The van der Waals surface area contributed by atoms with Gasteiger partial charge < -0.3 is 26.2 Å². The number of primary amides is 1. The van der Waals surface area contributed by atoms with E-state index in [1.807, 2.05) is 0 Å². The summed E-state index contributed by atoms with van der Waals surface area (Å²) in [5.41, 5.74) is 1.55. The van der Waals surface area contributed by atoms with E-state index in [1.54, 1.807) is 0 Å². The molecule has 198 valence electrons. The molecule has 0 spiro atoms. The fourth-order valence-electron chi connectivity index (χ4n) is 6.21. The van der Waals surface area contributed by atoms with Gasteiger partial charge in [-0.25, -0.2) is 8.78 Å². The molecule has 3 aliphatic carbocycles. The molecule has 0 bridgehead atoms. The number of carbonyl (C=O) groups is 3. The van der Waals surface area contributed by atoms with E-state index in [-0.39, 0.29) is 40.7 Å². The molecular formula is C27H24F2N2O7. The van der Waals surface area contributed by atoms with Crippen LogP contribution in [-0.4, -0.2) is 68.5 Å². The lowest BCUT2D eigenvalue weighted by molar-refractivity contribution is -0.148. The van der Waals surface area contributed by atoms with Crippen LogP contribution in [0.25, 0.3) is 11.1 Å². The number of likely N-dealkylation sites (N-methyl/N-ethyl adjacent to an activating group) is 1. The van der Waals surface area contributed by atoms with Gasteiger partial charge in [-0.1, -0.05) is 6.07 Å². The van der Waals surface area contributed by atoms with Crippen molar-refractivity contribution in [3.63, 3.8) is 0 Å². The van der Waals surface area contributed by atoms with E-state index < -0.39 is 75.4 Å². The maximum atomic E-state index is 14.7. The van der Waals surface area contributed by atoms with Crippen molar-refractivity contribution in [1.82, 2.24) is 4.90 Å². The summed E-state index contributed by atoms with van der Waals surface area (Å²) < 4.78 is 28.3. The number of allylic oxidation sites excluding steroid dienone is 1. The zero-order valence-electron chi connectivity index (χ0n) is 20.3. The summed E-state index contributed by atoms with van der Waals surface area (Å²) >= 11 is 0. The molecule has 5 rings (SSSR count). The van der Waals surface area contributed by atoms with E-state index >= 15 is 0 Å². The topological polar surface area (TPSA) is 161 Å². The zero-order chi connectivity index (χ0) is 27.8. The Kier molecular flexibility index (Phi) is 5.69. The van der Waals surface area contributed by atoms with Crippen LogP contribution in [0, 0.1) is 23.5 Å². The number of aliphatic hydroxyl groups is 3. The van der Waals surface area contributed by atoms with E-state index in [9.17, 15) is 43.6 Å². The van der Waals surface area contributed by atoms with Gasteiger partial charge in [0, 0.05) is 23.1 Å². The quantitative estimate of drug-likeness (QED) is 0.380. The van der Waals surface area contributed by atoms with Gasteiger partial charge in [0.25, 0.3) is 5.91 Å². The van der Waals surface area contributed by atoms with Crippen molar-refractivity contribution >= 4 is 17.5 Å². The normalized spacial score (nSPS) is 26.8. The molecule has 3 aliphatic rings. The Labute approximate surface area is 215 Å². The fourth-order valence-corrected chi connectivity index (χ4v) is 6.21. The first-order valence-electron chi connectivity index (χ1n) is 11.8. The largest absolute Gasteiger partial charge is 0.510 e. The maximum absolute atomic E-state index is 14.7. The van der Waals surface area contributed by atoms with E-state index in [0.29, 0.717) is 6.07 Å². The summed E-state index contributed by atoms with van der Waals surface area (Å²) in [5, 5.41) is 44.3. The van der Waals surface area contributed by atoms with E-state index in [2.05, 4.69) is 0 Å². The van der Waals surface area contributed by atoms with Gasteiger partial charge in [-0.15, -0.1) is 0 Å². The predicted octanol–water partition coefficient (Wildman–Crippen LogP) is 2.07. The Morgan fingerprint density at radius 3 is 2.34 bits per heavy atom. The minimum Gasteiger partial charge on any atom is -0.510 e. The third-order valence-electron chi connectivity index (χ3n) is 7.83. The number of rotatable bonds is 3. The minimum absolute atomic E-state index is 0.00916. The molecule has 0 heterocycles. The Balaban J connectivity index is 1.73. The van der Waals surface area contributed by atoms with Crippen molar-refractivity contribution in [2.75, 3.05) is 14.1 Å². The third kappa shape index (κ3) is 3.31. The number of phenols is 1. The number of aromatic hydroxyl groups is 1. The van der Waals surface area contributed by atoms with Crippen LogP contribution in [0.5, 0.6) is 5.75 Å². The summed E-state index contributed by atoms with van der Waals surface area (Å²) in [6.07, 6.45) is -0.123. The Hall–Kier alpha value is -4.09. The lowest BCUT2D eigenvalue weighted by Crippen LogP contribution is -2.63. The molecular weight excluding hydrogens is 502 g/mol. The number of phenolic OH excluding ortho intramolecular Hbond substituents is 1. The van der Waals surface area contributed by atoms with E-state index in [4.69, 9.17) is 5.73 Å². The van der Waals surface area contributed by atoms with Gasteiger partial charge in [-0.3, -0.25) is 19.3 Å². The average molecular weight is 526 g/mol. The molecule has 6 N–H and O–H groups in total. The van der Waals surface area contributed by atoms with Gasteiger partial charge in [-0.05, 0) is 62.2 Å². The Morgan fingerprint density at radius 2 is 1.74 bits per heavy atom. The smallest absolute Gasteiger partial charge is 0.255 e. The highest BCUT2D eigenvalue weighted by molar-refractivity contribution is 6.24. The number of hydrogen-bond acceptors (Lipinski definition) is 8. The van der Waals surface area contributed by atoms with Gasteiger partial charge >= 0.3 is 0 Å². The Morgan fingerprint density at radius 1 is 1.08 bits per heavy atom. The summed E-state index contributed by atoms with van der Waals surface area (Å²) in [5.74, 6) is -9.35. The molecule has 0 radical (unpaired) electrons. The van der Waals surface area contributed by atoms with Crippen LogP contribution in [-0.2, 0) is 16.0 Å². The molecule has 0 unspecified atom stereocenters. The van der Waals surface area contributed by atoms with Crippen LogP contribution in [0.3, 0.4) is 0 Å². The highest BCUT2D eigenvalue weighted by atomic mass is 19.1. The molecule has 0 aliphatic heterocycles. The van der Waals surface area contributed by atoms with Crippen LogP contribution in [0.15, 0.2) is 53.0 Å². The van der Waals surface area contributed by atoms with Crippen molar-refractivity contribution in [2.24, 2.45) is 17.6 Å². The molecule has 0 aromatic heterocycles. The first kappa shape index (κ1) is 25.6. The van der Waals surface area contributed by atoms with Gasteiger partial charge in [-0.2, -0.15) is 0 Å². The van der Waals surface area contributed by atoms with Crippen LogP contribution in [0.4, 0.5) is 8.78 Å². The maximum Gasteiger partial charge on any atom is 0.255 e. The second kappa shape index (κ2) is 8.47. The summed E-state index contributed by atoms with van der Waals surface area (Å²) in [7, 11) is 3.06. The number of aliphatic hydroxyl groups excluding tert-OH is 2. The number of benzene rings is 2. The third-order valence-corrected chi connectivity index (χ3v) is 7.83. The first-order chi connectivity index (χ1) is 17.8. The standard InChI is InChI=1S/C27H24F2N2O7/c1-31(2)21-15-8-10-7-14-12(13-4-3-11(28)9-16(13)29)5-6-17(32)19(14)22(33)18(10)24(35)27(15,38)25(36)20(23(21)34)26(30)37/h3-6,9-10,15,21,32,34-35,38H,7-8H2,1-2H3,(H2,30,37)/t10-,15-,21-,27-/m1/s1. The number of nitrogens with zero attached hydrogens (tertiary/aromatic N) is 1. The highest BCUT2D eigenvalue weighted by Gasteiger charge is 2.63. The van der Waals surface area contributed by atoms with Crippen molar-refractivity contribution in [2.45, 2.75) is 24.5 Å². The van der Waals surface area contributed by atoms with Crippen LogP contribution in [0.1, 0.15) is 22.3 Å². The van der Waals surface area contributed by atoms with Crippen molar-refractivity contribution in [3.8, 4) is 16.9 Å². The molecule has 38 heavy (non-hydrogen) atoms. The number of hydrogen-bond donors (Lipinski definition) is 5. The molecule has 4 atom stereocenters. The molecule has 1 amide bonds. The minimum atomic E-state index is -2.75. The van der Waals surface area contributed by atoms with Gasteiger partial charge in [0.1, 0.15) is 34.5 Å².